The molecule has 1 heterocycles. The molecule has 0 aliphatic heterocycles. The highest BCUT2D eigenvalue weighted by atomic mass is 32.1. The molecule has 0 bridgehead atoms. The Morgan fingerprint density at radius 2 is 1.54 bits per heavy atom. The topological polar surface area (TPSA) is 0 Å². The van der Waals surface area contributed by atoms with Crippen LogP contribution in [0.3, 0.4) is 0 Å². The number of aryl methyl sites for hydroxylation is 1. The average molecular weight is 340 g/mol. The highest BCUT2D eigenvalue weighted by molar-refractivity contribution is 7.15. The summed E-state index contributed by atoms with van der Waals surface area (Å²) in [7, 11) is 0. The normalized spacial score (nSPS) is 14.6. The lowest BCUT2D eigenvalue weighted by molar-refractivity contribution is 0.426. The minimum atomic E-state index is -0.493. The molecule has 0 unspecified atom stereocenters. The lowest BCUT2D eigenvalue weighted by Crippen LogP contribution is -2.06. The van der Waals surface area contributed by atoms with Crippen molar-refractivity contribution in [1.29, 1.82) is 0 Å². The van der Waals surface area contributed by atoms with Gasteiger partial charge in [-0.2, -0.15) is 0 Å². The molecule has 1 saturated carbocycles. The summed E-state index contributed by atoms with van der Waals surface area (Å²) >= 11 is 1.52. The summed E-state index contributed by atoms with van der Waals surface area (Å²) in [6, 6.07) is 14.4. The minimum Gasteiger partial charge on any atom is -0.206 e. The van der Waals surface area contributed by atoms with E-state index >= 15 is 0 Å². The van der Waals surface area contributed by atoms with E-state index in [4.69, 9.17) is 0 Å². The molecular weight excluding hydrogens is 322 g/mol. The molecule has 0 amide bonds. The summed E-state index contributed by atoms with van der Waals surface area (Å²) in [6.45, 7) is 1.99. The SMILES string of the molecule is Cc1ccc(-c2cc(F)c(-c3ccc(C4CCC4)s3)c(F)c2)cc1. The van der Waals surface area contributed by atoms with Crippen LogP contribution in [0.5, 0.6) is 0 Å². The van der Waals surface area contributed by atoms with Gasteiger partial charge in [-0.05, 0) is 61.1 Å². The van der Waals surface area contributed by atoms with E-state index in [0.29, 0.717) is 16.4 Å². The second-order valence-electron chi connectivity index (χ2n) is 6.51. The molecule has 24 heavy (non-hydrogen) atoms. The third-order valence-corrected chi connectivity index (χ3v) is 6.07. The Morgan fingerprint density at radius 1 is 0.875 bits per heavy atom. The van der Waals surface area contributed by atoms with Gasteiger partial charge >= 0.3 is 0 Å². The van der Waals surface area contributed by atoms with Crippen molar-refractivity contribution >= 4 is 11.3 Å². The largest absolute Gasteiger partial charge is 0.206 e. The van der Waals surface area contributed by atoms with Crippen molar-refractivity contribution in [1.82, 2.24) is 0 Å². The zero-order valence-corrected chi connectivity index (χ0v) is 14.3. The highest BCUT2D eigenvalue weighted by Crippen LogP contribution is 2.43. The molecule has 0 atom stereocenters. The number of hydrogen-bond acceptors (Lipinski definition) is 1. The molecule has 0 nitrogen and oxygen atoms in total. The second-order valence-corrected chi connectivity index (χ2v) is 7.63. The Labute approximate surface area is 144 Å². The first kappa shape index (κ1) is 15.5. The fourth-order valence-electron chi connectivity index (χ4n) is 3.12. The van der Waals surface area contributed by atoms with Crippen LogP contribution in [0.1, 0.15) is 35.6 Å². The van der Waals surface area contributed by atoms with Crippen LogP contribution < -0.4 is 0 Å². The van der Waals surface area contributed by atoms with Crippen molar-refractivity contribution in [2.45, 2.75) is 32.1 Å². The fourth-order valence-corrected chi connectivity index (χ4v) is 4.35. The van der Waals surface area contributed by atoms with E-state index in [2.05, 4.69) is 0 Å². The Bertz CT molecular complexity index is 850. The summed E-state index contributed by atoms with van der Waals surface area (Å²) < 4.78 is 29.3. The van der Waals surface area contributed by atoms with E-state index in [9.17, 15) is 8.78 Å². The van der Waals surface area contributed by atoms with Crippen LogP contribution in [0.25, 0.3) is 21.6 Å². The van der Waals surface area contributed by atoms with E-state index in [1.165, 1.54) is 47.6 Å². The zero-order chi connectivity index (χ0) is 16.7. The maximum Gasteiger partial charge on any atom is 0.135 e. The Hall–Kier alpha value is -2.00. The second kappa shape index (κ2) is 6.14. The Balaban J connectivity index is 1.71. The Kier molecular flexibility index (Phi) is 3.97. The molecule has 0 spiro atoms. The number of thiophene rings is 1. The third kappa shape index (κ3) is 2.78. The molecular formula is C21H18F2S. The van der Waals surface area contributed by atoms with Crippen LogP contribution in [0, 0.1) is 18.6 Å². The number of hydrogen-bond donors (Lipinski definition) is 0. The monoisotopic (exact) mass is 340 g/mol. The first-order chi connectivity index (χ1) is 11.6. The molecule has 3 heteroatoms. The first-order valence-electron chi connectivity index (χ1n) is 8.28. The van der Waals surface area contributed by atoms with Gasteiger partial charge in [-0.3, -0.25) is 0 Å². The molecule has 0 saturated heterocycles. The summed E-state index contributed by atoms with van der Waals surface area (Å²) in [5.41, 5.74) is 2.62. The molecule has 0 N–H and O–H groups in total. The van der Waals surface area contributed by atoms with Crippen LogP contribution in [0.4, 0.5) is 8.78 Å². The van der Waals surface area contributed by atoms with Gasteiger partial charge in [0.05, 0.1) is 5.56 Å². The van der Waals surface area contributed by atoms with E-state index in [1.807, 2.05) is 43.3 Å². The minimum absolute atomic E-state index is 0.0986. The predicted octanol–water partition coefficient (Wildman–Crippen LogP) is 6.94. The third-order valence-electron chi connectivity index (χ3n) is 4.81. The quantitative estimate of drug-likeness (QED) is 0.484. The summed E-state index contributed by atoms with van der Waals surface area (Å²) in [5.74, 6) is -0.401. The van der Waals surface area contributed by atoms with Crippen molar-refractivity contribution in [3.8, 4) is 21.6 Å². The van der Waals surface area contributed by atoms with E-state index in [0.717, 1.165) is 11.1 Å². The Morgan fingerprint density at radius 3 is 2.12 bits per heavy atom. The van der Waals surface area contributed by atoms with Crippen LogP contribution in [0.2, 0.25) is 0 Å². The number of halogens is 2. The van der Waals surface area contributed by atoms with Gasteiger partial charge in [0.25, 0.3) is 0 Å². The van der Waals surface area contributed by atoms with Gasteiger partial charge < -0.3 is 0 Å². The van der Waals surface area contributed by atoms with Crippen molar-refractivity contribution in [3.63, 3.8) is 0 Å². The highest BCUT2D eigenvalue weighted by Gasteiger charge is 2.23. The van der Waals surface area contributed by atoms with Gasteiger partial charge in [0.1, 0.15) is 11.6 Å². The van der Waals surface area contributed by atoms with Gasteiger partial charge in [-0.1, -0.05) is 36.2 Å². The summed E-state index contributed by atoms with van der Waals surface area (Å²) in [6.07, 6.45) is 3.64. The van der Waals surface area contributed by atoms with Crippen LogP contribution in [-0.2, 0) is 0 Å². The lowest BCUT2D eigenvalue weighted by atomic mass is 9.84. The van der Waals surface area contributed by atoms with Gasteiger partial charge in [-0.25, -0.2) is 8.78 Å². The van der Waals surface area contributed by atoms with E-state index in [1.54, 1.807) is 0 Å². The van der Waals surface area contributed by atoms with Crippen molar-refractivity contribution < 1.29 is 8.78 Å². The molecule has 1 aromatic heterocycles. The summed E-state index contributed by atoms with van der Waals surface area (Å²) in [4.78, 5) is 1.93. The number of rotatable bonds is 3. The zero-order valence-electron chi connectivity index (χ0n) is 13.5. The maximum atomic E-state index is 14.6. The first-order valence-corrected chi connectivity index (χ1v) is 9.09. The summed E-state index contributed by atoms with van der Waals surface area (Å²) in [5, 5.41) is 0. The van der Waals surface area contributed by atoms with Gasteiger partial charge in [0.15, 0.2) is 0 Å². The molecule has 1 aliphatic carbocycles. The maximum absolute atomic E-state index is 14.6. The predicted molar refractivity (Wildman–Crippen MR) is 96.4 cm³/mol. The molecule has 0 radical (unpaired) electrons. The molecule has 4 rings (SSSR count). The van der Waals surface area contributed by atoms with Gasteiger partial charge in [0.2, 0.25) is 0 Å². The molecule has 1 fully saturated rings. The van der Waals surface area contributed by atoms with Crippen molar-refractivity contribution in [2.75, 3.05) is 0 Å². The average Bonchev–Trinajstić information content (AvgIpc) is 2.94. The van der Waals surface area contributed by atoms with Crippen LogP contribution in [-0.4, -0.2) is 0 Å². The standard InChI is InChI=1S/C21H18F2S/c1-13-5-7-14(8-6-13)16-11-17(22)21(18(23)12-16)20-10-9-19(24-20)15-3-2-4-15/h5-12,15H,2-4H2,1H3. The molecule has 1 aliphatic rings. The van der Waals surface area contributed by atoms with Gasteiger partial charge in [0, 0.05) is 9.75 Å². The van der Waals surface area contributed by atoms with Crippen molar-refractivity contribution in [3.05, 3.63) is 70.6 Å². The smallest absolute Gasteiger partial charge is 0.135 e. The van der Waals surface area contributed by atoms with Crippen molar-refractivity contribution in [2.24, 2.45) is 0 Å². The van der Waals surface area contributed by atoms with E-state index < -0.39 is 11.6 Å². The molecule has 3 aromatic rings. The fraction of sp³-hybridized carbons (Fsp3) is 0.238. The van der Waals surface area contributed by atoms with E-state index in [-0.39, 0.29) is 5.56 Å². The van der Waals surface area contributed by atoms with Gasteiger partial charge in [-0.15, -0.1) is 11.3 Å². The number of benzene rings is 2. The molecule has 2 aromatic carbocycles. The van der Waals surface area contributed by atoms with Crippen LogP contribution >= 0.6 is 11.3 Å². The van der Waals surface area contributed by atoms with Crippen LogP contribution in [0.15, 0.2) is 48.5 Å². The lowest BCUT2D eigenvalue weighted by Gasteiger charge is -2.23. The molecule has 122 valence electrons.